The number of benzene rings is 2. The Balaban J connectivity index is 1.95. The van der Waals surface area contributed by atoms with Gasteiger partial charge in [-0.25, -0.2) is 9.18 Å². The van der Waals surface area contributed by atoms with Gasteiger partial charge in [0.25, 0.3) is 5.69 Å². The largest absolute Gasteiger partial charge is 0.514 e. The highest BCUT2D eigenvalue weighted by molar-refractivity contribution is 6.01. The van der Waals surface area contributed by atoms with E-state index in [1.165, 1.54) is 50.3 Å². The maximum atomic E-state index is 14.7. The SMILES string of the molecule is CC[C@H](C)C([C@@H](CC(=O)N1C[C@@H](OC(=O)Oc2ccc([N+](=O)[O-])cc2)C[C@H]1[C@H](OC)[C@@H](C)C(=O)N[C@@H](C)C(=O)c1ccc(F)cc1)OC)N(C)C(=O)[C@@H](NC(=O)C(C(C)C)N(C)C)C(C)C. The van der Waals surface area contributed by atoms with Crippen molar-refractivity contribution in [1.82, 2.24) is 25.3 Å². The fourth-order valence-corrected chi connectivity index (χ4v) is 8.64. The number of rotatable bonds is 23. The molecule has 19 heteroatoms. The van der Waals surface area contributed by atoms with Crippen LogP contribution in [0.4, 0.5) is 14.9 Å². The zero-order valence-electron chi connectivity index (χ0n) is 40.4. The Morgan fingerprint density at radius 1 is 0.864 bits per heavy atom. The van der Waals surface area contributed by atoms with Gasteiger partial charge in [-0.1, -0.05) is 54.9 Å². The summed E-state index contributed by atoms with van der Waals surface area (Å²) in [5.41, 5.74) is -0.0223. The van der Waals surface area contributed by atoms with Crippen molar-refractivity contribution in [2.75, 3.05) is 41.9 Å². The summed E-state index contributed by atoms with van der Waals surface area (Å²) < 4.78 is 36.5. The number of nitrogens with one attached hydrogen (secondary N) is 2. The van der Waals surface area contributed by atoms with Gasteiger partial charge in [-0.3, -0.25) is 39.0 Å². The van der Waals surface area contributed by atoms with E-state index < -0.39 is 88.9 Å². The van der Waals surface area contributed by atoms with Gasteiger partial charge in [-0.05, 0) is 75.2 Å². The molecule has 2 unspecified atom stereocenters. The number of likely N-dealkylation sites (tertiary alicyclic amines) is 1. The Kier molecular flexibility index (Phi) is 20.6. The monoisotopic (exact) mass is 928 g/mol. The second-order valence-corrected chi connectivity index (χ2v) is 18.0. The van der Waals surface area contributed by atoms with Crippen molar-refractivity contribution < 1.29 is 57.0 Å². The molecule has 2 N–H and O–H groups in total. The van der Waals surface area contributed by atoms with E-state index in [0.717, 1.165) is 24.3 Å². The number of ketones is 1. The molecule has 18 nitrogen and oxygen atoms in total. The highest BCUT2D eigenvalue weighted by atomic mass is 19.1. The predicted octanol–water partition coefficient (Wildman–Crippen LogP) is 5.26. The first kappa shape index (κ1) is 54.8. The highest BCUT2D eigenvalue weighted by Crippen LogP contribution is 2.32. The fraction of sp³-hybridized carbons (Fsp3) is 0.617. The van der Waals surface area contributed by atoms with Crippen LogP contribution in [0.25, 0.3) is 0 Å². The average molecular weight is 929 g/mol. The van der Waals surface area contributed by atoms with Crippen LogP contribution < -0.4 is 15.4 Å². The molecule has 4 amide bonds. The number of carbonyl (C=O) groups excluding carboxylic acids is 6. The minimum absolute atomic E-state index is 0.00773. The number of nitro benzene ring substituents is 1. The molecule has 0 radical (unpaired) electrons. The standard InChI is InChI=1S/C47H69FN6O12/c1-14-28(6)41(52(11)46(59)39(26(2)3)50-45(58)40(27(4)5)51(9)10)37(63-12)24-38(55)53-25-35(66-47(60)65-34-21-19-33(20-22-34)54(61)62)23-36(53)43(64-13)29(7)44(57)49-30(8)42(56)31-15-17-32(48)18-16-31/h15-22,26-30,35-37,39-41,43H,14,23-25H2,1-13H3,(H,49,57)(H,50,58)/t28-,29+,30-,35-,36-,37+,39-,40?,41?,43+/m0/s1. The lowest BCUT2D eigenvalue weighted by molar-refractivity contribution is -0.384. The molecule has 366 valence electrons. The van der Waals surface area contributed by atoms with Crippen molar-refractivity contribution in [3.05, 3.63) is 70.0 Å². The highest BCUT2D eigenvalue weighted by Gasteiger charge is 2.47. The Hall–Kier alpha value is -5.53. The molecule has 2 aromatic carbocycles. The molecular formula is C47H69FN6O12. The Morgan fingerprint density at radius 2 is 1.47 bits per heavy atom. The fourth-order valence-electron chi connectivity index (χ4n) is 8.64. The van der Waals surface area contributed by atoms with Crippen LogP contribution in [0.5, 0.6) is 5.75 Å². The van der Waals surface area contributed by atoms with E-state index in [4.69, 9.17) is 18.9 Å². The van der Waals surface area contributed by atoms with Crippen LogP contribution >= 0.6 is 0 Å². The van der Waals surface area contributed by atoms with Gasteiger partial charge in [0.1, 0.15) is 23.7 Å². The van der Waals surface area contributed by atoms with Crippen molar-refractivity contribution in [3.63, 3.8) is 0 Å². The molecule has 0 aliphatic carbocycles. The molecule has 1 aliphatic heterocycles. The summed E-state index contributed by atoms with van der Waals surface area (Å²) in [6, 6.07) is 5.79. The van der Waals surface area contributed by atoms with Crippen LogP contribution in [-0.2, 0) is 33.4 Å². The minimum Gasteiger partial charge on any atom is -0.429 e. The summed E-state index contributed by atoms with van der Waals surface area (Å²) in [6.07, 6.45) is -3.66. The Morgan fingerprint density at radius 3 is 1.97 bits per heavy atom. The summed E-state index contributed by atoms with van der Waals surface area (Å²) in [4.78, 5) is 98.1. The first-order valence-electron chi connectivity index (χ1n) is 22.3. The molecule has 2 aromatic rings. The molecule has 10 atom stereocenters. The summed E-state index contributed by atoms with van der Waals surface area (Å²) in [7, 11) is 8.05. The number of methoxy groups -OCH3 is 2. The number of Topliss-reactive ketones (excluding diaryl/α,β-unsaturated/α-hetero) is 1. The second kappa shape index (κ2) is 24.8. The number of hydrogen-bond donors (Lipinski definition) is 2. The van der Waals surface area contributed by atoms with Crippen molar-refractivity contribution in [2.45, 2.75) is 123 Å². The first-order valence-corrected chi connectivity index (χ1v) is 22.3. The number of amides is 4. The molecular weight excluding hydrogens is 860 g/mol. The number of halogens is 1. The first-order chi connectivity index (χ1) is 31.0. The second-order valence-electron chi connectivity index (χ2n) is 18.0. The van der Waals surface area contributed by atoms with Crippen molar-refractivity contribution >= 4 is 41.3 Å². The van der Waals surface area contributed by atoms with E-state index in [-0.39, 0.29) is 66.0 Å². The summed E-state index contributed by atoms with van der Waals surface area (Å²) in [5, 5.41) is 16.8. The van der Waals surface area contributed by atoms with Gasteiger partial charge in [-0.2, -0.15) is 0 Å². The van der Waals surface area contributed by atoms with Crippen LogP contribution in [-0.4, -0.2) is 146 Å². The molecule has 66 heavy (non-hydrogen) atoms. The van der Waals surface area contributed by atoms with Gasteiger partial charge in [0.05, 0.1) is 60.2 Å². The Bertz CT molecular complexity index is 1980. The number of nitro groups is 1. The molecule has 0 saturated carbocycles. The van der Waals surface area contributed by atoms with Gasteiger partial charge in [0.15, 0.2) is 5.78 Å². The number of carbonyl (C=O) groups is 6. The number of likely N-dealkylation sites (N-methyl/N-ethyl adjacent to an activating group) is 2. The van der Waals surface area contributed by atoms with Gasteiger partial charge in [0, 0.05) is 45.4 Å². The van der Waals surface area contributed by atoms with Gasteiger partial charge >= 0.3 is 6.16 Å². The third-order valence-electron chi connectivity index (χ3n) is 12.3. The van der Waals surface area contributed by atoms with Crippen molar-refractivity contribution in [2.24, 2.45) is 23.7 Å². The minimum atomic E-state index is -1.14. The van der Waals surface area contributed by atoms with Gasteiger partial charge < -0.3 is 39.4 Å². The molecule has 0 bridgehead atoms. The van der Waals surface area contributed by atoms with Crippen LogP contribution in [0.1, 0.15) is 85.0 Å². The predicted molar refractivity (Wildman–Crippen MR) is 243 cm³/mol. The number of nitrogens with zero attached hydrogens (tertiary/aromatic N) is 4. The van der Waals surface area contributed by atoms with E-state index in [1.807, 2.05) is 46.4 Å². The summed E-state index contributed by atoms with van der Waals surface area (Å²) >= 11 is 0. The number of ether oxygens (including phenoxy) is 4. The molecule has 1 saturated heterocycles. The van der Waals surface area contributed by atoms with Gasteiger partial charge in [-0.15, -0.1) is 0 Å². The summed E-state index contributed by atoms with van der Waals surface area (Å²) in [5.74, 6) is -4.19. The Labute approximate surface area is 387 Å². The van der Waals surface area contributed by atoms with E-state index in [2.05, 4.69) is 10.6 Å². The third-order valence-corrected chi connectivity index (χ3v) is 12.3. The maximum absolute atomic E-state index is 14.7. The zero-order valence-corrected chi connectivity index (χ0v) is 40.4. The topological polar surface area (TPSA) is 216 Å². The molecule has 1 fully saturated rings. The third kappa shape index (κ3) is 14.2. The summed E-state index contributed by atoms with van der Waals surface area (Å²) in [6.45, 7) is 14.4. The number of non-ortho nitro benzene ring substituents is 1. The average Bonchev–Trinajstić information content (AvgIpc) is 3.67. The lowest BCUT2D eigenvalue weighted by atomic mass is 9.89. The molecule has 0 aromatic heterocycles. The van der Waals surface area contributed by atoms with Crippen molar-refractivity contribution in [1.29, 1.82) is 0 Å². The van der Waals surface area contributed by atoms with Crippen LogP contribution in [0.15, 0.2) is 48.5 Å². The molecule has 0 spiro atoms. The number of hydrogen-bond acceptors (Lipinski definition) is 13. The molecule has 1 aliphatic rings. The molecule has 3 rings (SSSR count). The van der Waals surface area contributed by atoms with Crippen molar-refractivity contribution in [3.8, 4) is 5.75 Å². The normalized spacial score (nSPS) is 18.7. The zero-order chi connectivity index (χ0) is 49.7. The lowest BCUT2D eigenvalue weighted by Gasteiger charge is -2.41. The van der Waals surface area contributed by atoms with E-state index in [1.54, 1.807) is 33.0 Å². The van der Waals surface area contributed by atoms with Crippen LogP contribution in [0.3, 0.4) is 0 Å². The molecule has 1 heterocycles. The van der Waals surface area contributed by atoms with E-state index in [9.17, 15) is 43.3 Å². The lowest BCUT2D eigenvalue weighted by Crippen LogP contribution is -2.59. The van der Waals surface area contributed by atoms with Gasteiger partial charge in [0.2, 0.25) is 23.6 Å². The van der Waals surface area contributed by atoms with Crippen LogP contribution in [0, 0.1) is 39.6 Å². The van der Waals surface area contributed by atoms with Crippen LogP contribution in [0.2, 0.25) is 0 Å². The maximum Gasteiger partial charge on any atom is 0.514 e. The van der Waals surface area contributed by atoms with E-state index in [0.29, 0.717) is 6.42 Å². The quantitative estimate of drug-likeness (QED) is 0.0479. The smallest absolute Gasteiger partial charge is 0.429 e. The van der Waals surface area contributed by atoms with E-state index >= 15 is 0 Å².